The average Bonchev–Trinajstić information content (AvgIpc) is 2.38. The zero-order chi connectivity index (χ0) is 11.8. The Bertz CT molecular complexity index is 559. The predicted molar refractivity (Wildman–Crippen MR) is 67.5 cm³/mol. The second-order valence-corrected chi connectivity index (χ2v) is 4.31. The molecule has 86 valence electrons. The Kier molecular flexibility index (Phi) is 2.29. The molecule has 0 atom stereocenters. The predicted octanol–water partition coefficient (Wildman–Crippen LogP) is 3.17. The monoisotopic (exact) mass is 226 g/mol. The molecular weight excluding hydrogens is 212 g/mol. The minimum atomic E-state index is 0.341. The van der Waals surface area contributed by atoms with Gasteiger partial charge in [0, 0.05) is 11.1 Å². The van der Waals surface area contributed by atoms with Crippen molar-refractivity contribution in [3.05, 3.63) is 47.5 Å². The smallest absolute Gasteiger partial charge is 0.127 e. The standard InChI is InChI=1S/C15H14O2/c1-17-13-7-3-5-11-9-8-10-4-2-6-12(16)14(10)15(11)13/h2-7,16H,8-9H2,1H3. The molecule has 0 saturated carbocycles. The van der Waals surface area contributed by atoms with Crippen LogP contribution in [-0.4, -0.2) is 12.2 Å². The Balaban J connectivity index is 2.34. The van der Waals surface area contributed by atoms with Crippen molar-refractivity contribution in [1.29, 1.82) is 0 Å². The number of ether oxygens (including phenoxy) is 1. The maximum atomic E-state index is 10.1. The molecule has 2 aromatic carbocycles. The third kappa shape index (κ3) is 1.48. The summed E-state index contributed by atoms with van der Waals surface area (Å²) in [5, 5.41) is 10.1. The third-order valence-electron chi connectivity index (χ3n) is 3.37. The molecule has 0 heterocycles. The maximum Gasteiger partial charge on any atom is 0.127 e. The molecule has 0 fully saturated rings. The summed E-state index contributed by atoms with van der Waals surface area (Å²) in [5.41, 5.74) is 4.43. The van der Waals surface area contributed by atoms with Crippen LogP contribution in [0.25, 0.3) is 11.1 Å². The van der Waals surface area contributed by atoms with Gasteiger partial charge >= 0.3 is 0 Å². The summed E-state index contributed by atoms with van der Waals surface area (Å²) in [7, 11) is 1.67. The van der Waals surface area contributed by atoms with Crippen LogP contribution < -0.4 is 4.74 Å². The van der Waals surface area contributed by atoms with Gasteiger partial charge in [0.25, 0.3) is 0 Å². The lowest BCUT2D eigenvalue weighted by Crippen LogP contribution is -2.05. The van der Waals surface area contributed by atoms with Crippen LogP contribution >= 0.6 is 0 Å². The first kappa shape index (κ1) is 10.2. The molecule has 1 N–H and O–H groups in total. The summed E-state index contributed by atoms with van der Waals surface area (Å²) in [6, 6.07) is 11.8. The van der Waals surface area contributed by atoms with E-state index in [2.05, 4.69) is 12.1 Å². The van der Waals surface area contributed by atoms with Crippen LogP contribution in [0.5, 0.6) is 11.5 Å². The lowest BCUT2D eigenvalue weighted by Gasteiger charge is -2.22. The molecule has 3 rings (SSSR count). The van der Waals surface area contributed by atoms with Crippen molar-refractivity contribution in [2.24, 2.45) is 0 Å². The number of phenolic OH excluding ortho intramolecular Hbond substituents is 1. The molecule has 17 heavy (non-hydrogen) atoms. The molecule has 2 nitrogen and oxygen atoms in total. The second kappa shape index (κ2) is 3.81. The Morgan fingerprint density at radius 1 is 0.941 bits per heavy atom. The van der Waals surface area contributed by atoms with E-state index < -0.39 is 0 Å². The molecule has 0 unspecified atom stereocenters. The summed E-state index contributed by atoms with van der Waals surface area (Å²) in [4.78, 5) is 0. The highest BCUT2D eigenvalue weighted by Crippen LogP contribution is 2.44. The van der Waals surface area contributed by atoms with Crippen LogP contribution in [0.1, 0.15) is 11.1 Å². The first-order chi connectivity index (χ1) is 8.31. The zero-order valence-corrected chi connectivity index (χ0v) is 9.73. The Morgan fingerprint density at radius 2 is 1.59 bits per heavy atom. The normalized spacial score (nSPS) is 12.8. The maximum absolute atomic E-state index is 10.1. The van der Waals surface area contributed by atoms with Gasteiger partial charge in [-0.2, -0.15) is 0 Å². The molecule has 2 aromatic rings. The van der Waals surface area contributed by atoms with Crippen LogP contribution in [0.3, 0.4) is 0 Å². The molecule has 0 spiro atoms. The van der Waals surface area contributed by atoms with Crippen molar-refractivity contribution >= 4 is 0 Å². The number of fused-ring (bicyclic) bond motifs is 3. The van der Waals surface area contributed by atoms with Crippen LogP contribution in [0.4, 0.5) is 0 Å². The van der Waals surface area contributed by atoms with Crippen molar-refractivity contribution < 1.29 is 9.84 Å². The average molecular weight is 226 g/mol. The number of benzene rings is 2. The zero-order valence-electron chi connectivity index (χ0n) is 9.73. The van der Waals surface area contributed by atoms with Gasteiger partial charge in [0.2, 0.25) is 0 Å². The van der Waals surface area contributed by atoms with Crippen LogP contribution in [0.2, 0.25) is 0 Å². The molecule has 0 bridgehead atoms. The second-order valence-electron chi connectivity index (χ2n) is 4.31. The van der Waals surface area contributed by atoms with Gasteiger partial charge in [-0.1, -0.05) is 24.3 Å². The van der Waals surface area contributed by atoms with E-state index in [4.69, 9.17) is 4.74 Å². The summed E-state index contributed by atoms with van der Waals surface area (Å²) >= 11 is 0. The minimum Gasteiger partial charge on any atom is -0.507 e. The molecule has 2 heteroatoms. The third-order valence-corrected chi connectivity index (χ3v) is 3.37. The van der Waals surface area contributed by atoms with Gasteiger partial charge in [0.1, 0.15) is 11.5 Å². The highest BCUT2D eigenvalue weighted by Gasteiger charge is 2.22. The van der Waals surface area contributed by atoms with Crippen molar-refractivity contribution in [1.82, 2.24) is 0 Å². The van der Waals surface area contributed by atoms with Gasteiger partial charge in [-0.05, 0) is 36.1 Å². The number of phenols is 1. The molecule has 0 aromatic heterocycles. The summed E-state index contributed by atoms with van der Waals surface area (Å²) in [6.45, 7) is 0. The first-order valence-electron chi connectivity index (χ1n) is 5.78. The summed E-state index contributed by atoms with van der Waals surface area (Å²) in [5.74, 6) is 1.18. The van der Waals surface area contributed by atoms with E-state index in [1.54, 1.807) is 13.2 Å². The fourth-order valence-corrected chi connectivity index (χ4v) is 2.59. The van der Waals surface area contributed by atoms with Crippen LogP contribution in [-0.2, 0) is 12.8 Å². The molecular formula is C15H14O2. The van der Waals surface area contributed by atoms with E-state index in [1.807, 2.05) is 18.2 Å². The van der Waals surface area contributed by atoms with E-state index >= 15 is 0 Å². The number of hydrogen-bond acceptors (Lipinski definition) is 2. The molecule has 0 saturated heterocycles. The molecule has 0 amide bonds. The number of aryl methyl sites for hydroxylation is 2. The fourth-order valence-electron chi connectivity index (χ4n) is 2.59. The van der Waals surface area contributed by atoms with Gasteiger partial charge < -0.3 is 9.84 Å². The number of methoxy groups -OCH3 is 1. The van der Waals surface area contributed by atoms with Crippen molar-refractivity contribution in [3.63, 3.8) is 0 Å². The van der Waals surface area contributed by atoms with E-state index in [-0.39, 0.29) is 0 Å². The van der Waals surface area contributed by atoms with E-state index in [9.17, 15) is 5.11 Å². The largest absolute Gasteiger partial charge is 0.507 e. The van der Waals surface area contributed by atoms with Gasteiger partial charge in [0.05, 0.1) is 7.11 Å². The first-order valence-corrected chi connectivity index (χ1v) is 5.78. The molecule has 0 radical (unpaired) electrons. The number of hydrogen-bond donors (Lipinski definition) is 1. The Morgan fingerprint density at radius 3 is 2.29 bits per heavy atom. The fraction of sp³-hybridized carbons (Fsp3) is 0.200. The molecule has 1 aliphatic carbocycles. The van der Waals surface area contributed by atoms with Crippen molar-refractivity contribution in [2.45, 2.75) is 12.8 Å². The van der Waals surface area contributed by atoms with Crippen LogP contribution in [0, 0.1) is 0 Å². The van der Waals surface area contributed by atoms with E-state index in [0.717, 1.165) is 29.7 Å². The number of rotatable bonds is 1. The summed E-state index contributed by atoms with van der Waals surface area (Å²) in [6.07, 6.45) is 1.98. The molecule has 1 aliphatic rings. The van der Waals surface area contributed by atoms with Gasteiger partial charge in [-0.15, -0.1) is 0 Å². The van der Waals surface area contributed by atoms with E-state index in [0.29, 0.717) is 5.75 Å². The Hall–Kier alpha value is -1.96. The number of aromatic hydroxyl groups is 1. The lowest BCUT2D eigenvalue weighted by molar-refractivity contribution is 0.415. The lowest BCUT2D eigenvalue weighted by atomic mass is 9.84. The van der Waals surface area contributed by atoms with E-state index in [1.165, 1.54) is 11.1 Å². The van der Waals surface area contributed by atoms with Gasteiger partial charge in [0.15, 0.2) is 0 Å². The SMILES string of the molecule is COc1cccc2c1-c1c(O)cccc1CC2. The highest BCUT2D eigenvalue weighted by molar-refractivity contribution is 5.82. The van der Waals surface area contributed by atoms with Crippen molar-refractivity contribution in [2.75, 3.05) is 7.11 Å². The summed E-state index contributed by atoms with van der Waals surface area (Å²) < 4.78 is 5.41. The van der Waals surface area contributed by atoms with Crippen molar-refractivity contribution in [3.8, 4) is 22.6 Å². The topological polar surface area (TPSA) is 29.5 Å². The quantitative estimate of drug-likeness (QED) is 0.809. The minimum absolute atomic E-state index is 0.341. The highest BCUT2D eigenvalue weighted by atomic mass is 16.5. The molecule has 0 aliphatic heterocycles. The Labute approximate surface area is 100 Å². The van der Waals surface area contributed by atoms with Gasteiger partial charge in [-0.25, -0.2) is 0 Å². The van der Waals surface area contributed by atoms with Gasteiger partial charge in [-0.3, -0.25) is 0 Å². The van der Waals surface area contributed by atoms with Crippen LogP contribution in [0.15, 0.2) is 36.4 Å².